The van der Waals surface area contributed by atoms with Crippen molar-refractivity contribution in [1.82, 2.24) is 20.4 Å². The van der Waals surface area contributed by atoms with E-state index in [-0.39, 0.29) is 12.8 Å². The molecule has 1 aliphatic rings. The zero-order valence-electron chi connectivity index (χ0n) is 12.9. The van der Waals surface area contributed by atoms with Crippen LogP contribution in [0.4, 0.5) is 13.2 Å². The average molecular weight is 332 g/mol. The summed E-state index contributed by atoms with van der Waals surface area (Å²) in [5.74, 6) is 0. The van der Waals surface area contributed by atoms with Gasteiger partial charge in [-0.25, -0.2) is 0 Å². The van der Waals surface area contributed by atoms with Crippen molar-refractivity contribution in [1.29, 1.82) is 0 Å². The van der Waals surface area contributed by atoms with Gasteiger partial charge in [-0.3, -0.25) is 10.2 Å². The maximum absolute atomic E-state index is 13.2. The fourth-order valence-electron chi connectivity index (χ4n) is 2.98. The van der Waals surface area contributed by atoms with Gasteiger partial charge in [-0.2, -0.15) is 23.4 Å². The minimum absolute atomic E-state index is 0.168. The molecule has 1 aliphatic carbocycles. The van der Waals surface area contributed by atoms with E-state index in [9.17, 15) is 13.2 Å². The number of rotatable bonds is 3. The van der Waals surface area contributed by atoms with Gasteiger partial charge in [0.15, 0.2) is 0 Å². The highest BCUT2D eigenvalue weighted by atomic mass is 19.4. The van der Waals surface area contributed by atoms with Gasteiger partial charge in [-0.15, -0.1) is 0 Å². The number of nitrogens with one attached hydrogen (secondary N) is 2. The Bertz CT molecular complexity index is 870. The summed E-state index contributed by atoms with van der Waals surface area (Å²) in [6, 6.07) is 10.2. The van der Waals surface area contributed by atoms with Crippen molar-refractivity contribution in [3.63, 3.8) is 0 Å². The third kappa shape index (κ3) is 2.31. The van der Waals surface area contributed by atoms with E-state index >= 15 is 0 Å². The minimum Gasteiger partial charge on any atom is -0.282 e. The fraction of sp³-hybridized carbons (Fsp3) is 0.294. The van der Waals surface area contributed by atoms with Crippen LogP contribution in [0, 0.1) is 6.92 Å². The van der Waals surface area contributed by atoms with Gasteiger partial charge in [0.1, 0.15) is 5.69 Å². The van der Waals surface area contributed by atoms with Gasteiger partial charge in [0, 0.05) is 11.3 Å². The van der Waals surface area contributed by atoms with Crippen LogP contribution in [0.25, 0.3) is 22.6 Å². The first kappa shape index (κ1) is 15.0. The Labute approximate surface area is 136 Å². The van der Waals surface area contributed by atoms with Crippen molar-refractivity contribution >= 4 is 0 Å². The summed E-state index contributed by atoms with van der Waals surface area (Å²) in [4.78, 5) is 0. The van der Waals surface area contributed by atoms with E-state index in [2.05, 4.69) is 20.4 Å². The smallest absolute Gasteiger partial charge is 0.282 e. The van der Waals surface area contributed by atoms with Crippen LogP contribution in [0.1, 0.15) is 24.1 Å². The van der Waals surface area contributed by atoms with Gasteiger partial charge in [-0.05, 0) is 37.5 Å². The molecular formula is C17H15F3N4. The van der Waals surface area contributed by atoms with Crippen molar-refractivity contribution in [3.8, 4) is 22.6 Å². The molecule has 1 fully saturated rings. The highest BCUT2D eigenvalue weighted by Crippen LogP contribution is 2.58. The van der Waals surface area contributed by atoms with Crippen molar-refractivity contribution in [2.45, 2.75) is 31.4 Å². The molecule has 3 aromatic rings. The van der Waals surface area contributed by atoms with Crippen LogP contribution in [0.3, 0.4) is 0 Å². The number of alkyl halides is 3. The van der Waals surface area contributed by atoms with Crippen LogP contribution < -0.4 is 0 Å². The van der Waals surface area contributed by atoms with Crippen LogP contribution in [0.2, 0.25) is 0 Å². The summed E-state index contributed by atoms with van der Waals surface area (Å²) >= 11 is 0. The monoisotopic (exact) mass is 332 g/mol. The second-order valence-electron chi connectivity index (χ2n) is 6.26. The molecule has 0 saturated heterocycles. The predicted molar refractivity (Wildman–Crippen MR) is 83.3 cm³/mol. The lowest BCUT2D eigenvalue weighted by Gasteiger charge is -2.19. The number of benzene rings is 1. The lowest BCUT2D eigenvalue weighted by Crippen LogP contribution is -2.28. The number of hydrogen-bond donors (Lipinski definition) is 2. The molecule has 7 heteroatoms. The fourth-order valence-corrected chi connectivity index (χ4v) is 2.98. The number of H-pyrrole nitrogens is 2. The van der Waals surface area contributed by atoms with Crippen molar-refractivity contribution in [3.05, 3.63) is 47.7 Å². The number of aromatic nitrogens is 4. The van der Waals surface area contributed by atoms with Crippen LogP contribution in [-0.4, -0.2) is 26.6 Å². The van der Waals surface area contributed by atoms with E-state index in [1.807, 2.05) is 19.1 Å². The van der Waals surface area contributed by atoms with Gasteiger partial charge < -0.3 is 0 Å². The first-order valence-electron chi connectivity index (χ1n) is 7.64. The van der Waals surface area contributed by atoms with E-state index in [0.717, 1.165) is 22.6 Å². The Balaban J connectivity index is 1.61. The van der Waals surface area contributed by atoms with Gasteiger partial charge in [-0.1, -0.05) is 24.3 Å². The van der Waals surface area contributed by atoms with Crippen molar-refractivity contribution < 1.29 is 13.2 Å². The molecule has 2 N–H and O–H groups in total. The molecule has 0 unspecified atom stereocenters. The lowest BCUT2D eigenvalue weighted by molar-refractivity contribution is -0.160. The molecule has 4 nitrogen and oxygen atoms in total. The predicted octanol–water partition coefficient (Wildman–Crippen LogP) is 4.37. The second-order valence-corrected chi connectivity index (χ2v) is 6.26. The summed E-state index contributed by atoms with van der Waals surface area (Å²) in [6.45, 7) is 1.90. The highest BCUT2D eigenvalue weighted by molar-refractivity contribution is 5.66. The minimum atomic E-state index is -4.19. The van der Waals surface area contributed by atoms with Crippen LogP contribution in [-0.2, 0) is 5.41 Å². The number of aryl methyl sites for hydroxylation is 1. The first-order valence-corrected chi connectivity index (χ1v) is 7.64. The van der Waals surface area contributed by atoms with E-state index in [0.29, 0.717) is 11.3 Å². The van der Waals surface area contributed by atoms with Crippen LogP contribution >= 0.6 is 0 Å². The Morgan fingerprint density at radius 1 is 0.958 bits per heavy atom. The third-order valence-electron chi connectivity index (χ3n) is 4.59. The number of halogens is 3. The summed E-state index contributed by atoms with van der Waals surface area (Å²) in [7, 11) is 0. The van der Waals surface area contributed by atoms with E-state index < -0.39 is 11.6 Å². The molecule has 2 aromatic heterocycles. The number of nitrogens with zero attached hydrogens (tertiary/aromatic N) is 2. The van der Waals surface area contributed by atoms with E-state index in [1.54, 1.807) is 24.3 Å². The second kappa shape index (κ2) is 4.96. The summed E-state index contributed by atoms with van der Waals surface area (Å²) < 4.78 is 39.5. The SMILES string of the molecule is Cc1cc(-c2cc(-c3ccc(C4(C(F)(F)F)CC4)cc3)n[nH]2)n[nH]1. The molecule has 1 saturated carbocycles. The van der Waals surface area contributed by atoms with E-state index in [4.69, 9.17) is 0 Å². The van der Waals surface area contributed by atoms with Gasteiger partial charge in [0.05, 0.1) is 16.8 Å². The van der Waals surface area contributed by atoms with Gasteiger partial charge in [0.25, 0.3) is 0 Å². The molecule has 124 valence electrons. The molecule has 0 bridgehead atoms. The summed E-state index contributed by atoms with van der Waals surface area (Å²) in [5.41, 5.74) is 2.57. The van der Waals surface area contributed by atoms with Crippen LogP contribution in [0.15, 0.2) is 36.4 Å². The zero-order chi connectivity index (χ0) is 16.9. The Hall–Kier alpha value is -2.57. The van der Waals surface area contributed by atoms with Gasteiger partial charge in [0.2, 0.25) is 0 Å². The van der Waals surface area contributed by atoms with Crippen LogP contribution in [0.5, 0.6) is 0 Å². The van der Waals surface area contributed by atoms with Gasteiger partial charge >= 0.3 is 6.18 Å². The third-order valence-corrected chi connectivity index (χ3v) is 4.59. The number of aromatic amines is 2. The Kier molecular flexibility index (Phi) is 3.10. The van der Waals surface area contributed by atoms with E-state index in [1.165, 1.54) is 0 Å². The average Bonchev–Trinajstić information content (AvgIpc) is 3.04. The largest absolute Gasteiger partial charge is 0.398 e. The molecule has 1 aromatic carbocycles. The lowest BCUT2D eigenvalue weighted by atomic mass is 9.94. The topological polar surface area (TPSA) is 57.4 Å². The molecule has 0 atom stereocenters. The molecule has 0 aliphatic heterocycles. The quantitative estimate of drug-likeness (QED) is 0.748. The first-order chi connectivity index (χ1) is 11.4. The van der Waals surface area contributed by atoms with Crippen molar-refractivity contribution in [2.75, 3.05) is 0 Å². The molecule has 0 amide bonds. The molecule has 4 rings (SSSR count). The maximum atomic E-state index is 13.2. The van der Waals surface area contributed by atoms with Crippen molar-refractivity contribution in [2.24, 2.45) is 0 Å². The molecule has 0 radical (unpaired) electrons. The molecule has 24 heavy (non-hydrogen) atoms. The molecule has 2 heterocycles. The normalized spacial score (nSPS) is 16.3. The maximum Gasteiger partial charge on any atom is 0.398 e. The highest BCUT2D eigenvalue weighted by Gasteiger charge is 2.64. The standard InChI is InChI=1S/C17H15F3N4/c1-10-8-14(23-21-10)15-9-13(22-24-15)11-2-4-12(5-3-11)16(6-7-16)17(18,19)20/h2-5,8-9H,6-7H2,1H3,(H,21,23)(H,22,24). The molecule has 0 spiro atoms. The number of hydrogen-bond acceptors (Lipinski definition) is 2. The Morgan fingerprint density at radius 2 is 1.62 bits per heavy atom. The zero-order valence-corrected chi connectivity index (χ0v) is 12.9. The molecular weight excluding hydrogens is 317 g/mol. The summed E-state index contributed by atoms with van der Waals surface area (Å²) in [5, 5.41) is 14.1. The summed E-state index contributed by atoms with van der Waals surface area (Å²) in [6.07, 6.45) is -3.85. The Morgan fingerprint density at radius 3 is 2.17 bits per heavy atom.